The van der Waals surface area contributed by atoms with Crippen molar-refractivity contribution in [2.24, 2.45) is 4.99 Å². The zero-order valence-corrected chi connectivity index (χ0v) is 16.5. The average Bonchev–Trinajstić information content (AvgIpc) is 2.73. The molecular weight excluding hydrogens is 370 g/mol. The molecule has 0 fully saturated rings. The van der Waals surface area contributed by atoms with Crippen LogP contribution >= 0.6 is 0 Å². The third-order valence-electron chi connectivity index (χ3n) is 4.87. The van der Waals surface area contributed by atoms with Crippen molar-refractivity contribution in [2.75, 3.05) is 7.11 Å². The molecule has 7 heteroatoms. The molecule has 0 radical (unpaired) electrons. The standard InChI is InChI=1S/C22H23N3O4/c1-4-14(2)15-5-7-16(8-6-15)23-13-19-20(26)24-22(28)25(21(19)27)17-9-11-18(29-3)12-10-17/h5-14,27H,4H2,1-3H3,(H,24,26,28)/t14-/m1/s1. The third kappa shape index (κ3) is 4.29. The second kappa shape index (κ2) is 8.60. The number of hydrogen-bond donors (Lipinski definition) is 2. The number of aromatic hydroxyl groups is 1. The van der Waals surface area contributed by atoms with Gasteiger partial charge < -0.3 is 9.84 Å². The first-order valence-corrected chi connectivity index (χ1v) is 9.31. The van der Waals surface area contributed by atoms with E-state index in [-0.39, 0.29) is 5.56 Å². The van der Waals surface area contributed by atoms with Crippen molar-refractivity contribution in [3.05, 3.63) is 80.5 Å². The van der Waals surface area contributed by atoms with E-state index in [1.54, 1.807) is 24.3 Å². The maximum absolute atomic E-state index is 12.2. The molecular formula is C22H23N3O4. The molecule has 0 aliphatic carbocycles. The lowest BCUT2D eigenvalue weighted by molar-refractivity contribution is 0.414. The molecule has 3 rings (SSSR count). The normalized spacial score (nSPS) is 12.2. The van der Waals surface area contributed by atoms with Crippen LogP contribution in [-0.2, 0) is 0 Å². The summed E-state index contributed by atoms with van der Waals surface area (Å²) in [5.74, 6) is 0.574. The topological polar surface area (TPSA) is 96.7 Å². The van der Waals surface area contributed by atoms with E-state index in [2.05, 4.69) is 23.8 Å². The van der Waals surface area contributed by atoms with E-state index in [0.29, 0.717) is 23.0 Å². The zero-order chi connectivity index (χ0) is 21.0. The van der Waals surface area contributed by atoms with Crippen LogP contribution in [0.25, 0.3) is 5.69 Å². The molecule has 0 spiro atoms. The van der Waals surface area contributed by atoms with Crippen molar-refractivity contribution in [3.63, 3.8) is 0 Å². The molecule has 0 amide bonds. The Balaban J connectivity index is 1.98. The maximum Gasteiger partial charge on any atom is 0.335 e. The van der Waals surface area contributed by atoms with Crippen LogP contribution in [0, 0.1) is 0 Å². The summed E-state index contributed by atoms with van der Waals surface area (Å²) in [7, 11) is 1.53. The molecule has 150 valence electrons. The van der Waals surface area contributed by atoms with E-state index in [0.717, 1.165) is 11.0 Å². The summed E-state index contributed by atoms with van der Waals surface area (Å²) >= 11 is 0. The van der Waals surface area contributed by atoms with Gasteiger partial charge in [0.05, 0.1) is 18.5 Å². The monoisotopic (exact) mass is 393 g/mol. The molecule has 0 aliphatic rings. The van der Waals surface area contributed by atoms with E-state index >= 15 is 0 Å². The van der Waals surface area contributed by atoms with E-state index < -0.39 is 17.1 Å². The molecule has 0 bridgehead atoms. The first-order valence-electron chi connectivity index (χ1n) is 9.31. The molecule has 2 aromatic carbocycles. The summed E-state index contributed by atoms with van der Waals surface area (Å²) in [4.78, 5) is 30.9. The number of aromatic nitrogens is 2. The smallest absolute Gasteiger partial charge is 0.335 e. The second-order valence-electron chi connectivity index (χ2n) is 6.69. The Morgan fingerprint density at radius 3 is 2.38 bits per heavy atom. The lowest BCUT2D eigenvalue weighted by atomic mass is 9.99. The fraction of sp³-hybridized carbons (Fsp3) is 0.227. The largest absolute Gasteiger partial charge is 0.497 e. The van der Waals surface area contributed by atoms with Crippen molar-refractivity contribution >= 4 is 11.9 Å². The molecule has 2 N–H and O–H groups in total. The number of benzene rings is 2. The van der Waals surface area contributed by atoms with E-state index in [1.165, 1.54) is 18.9 Å². The summed E-state index contributed by atoms with van der Waals surface area (Å²) in [6, 6.07) is 14.2. The van der Waals surface area contributed by atoms with Gasteiger partial charge in [0.1, 0.15) is 11.3 Å². The first-order chi connectivity index (χ1) is 13.9. The molecule has 3 aromatic rings. The minimum absolute atomic E-state index is 0.105. The Morgan fingerprint density at radius 1 is 1.14 bits per heavy atom. The lowest BCUT2D eigenvalue weighted by Crippen LogP contribution is -2.31. The van der Waals surface area contributed by atoms with Crippen LogP contribution < -0.4 is 16.0 Å². The van der Waals surface area contributed by atoms with Crippen molar-refractivity contribution in [1.29, 1.82) is 0 Å². The van der Waals surface area contributed by atoms with Crippen LogP contribution in [0.1, 0.15) is 37.3 Å². The van der Waals surface area contributed by atoms with Crippen LogP contribution in [0.15, 0.2) is 63.1 Å². The van der Waals surface area contributed by atoms with E-state index in [9.17, 15) is 14.7 Å². The Kier molecular flexibility index (Phi) is 5.97. The lowest BCUT2D eigenvalue weighted by Gasteiger charge is -2.10. The van der Waals surface area contributed by atoms with Crippen LogP contribution in [0.3, 0.4) is 0 Å². The van der Waals surface area contributed by atoms with Crippen LogP contribution in [0.5, 0.6) is 11.6 Å². The number of rotatable bonds is 6. The summed E-state index contributed by atoms with van der Waals surface area (Å²) < 4.78 is 6.11. The van der Waals surface area contributed by atoms with E-state index in [1.807, 2.05) is 24.3 Å². The highest BCUT2D eigenvalue weighted by atomic mass is 16.5. The Hall–Kier alpha value is -3.61. The first kappa shape index (κ1) is 20.1. The Bertz CT molecular complexity index is 1130. The van der Waals surface area contributed by atoms with Gasteiger partial charge in [0.25, 0.3) is 5.56 Å². The molecule has 1 aromatic heterocycles. The Labute approximate surface area is 168 Å². The number of H-pyrrole nitrogens is 1. The molecule has 1 heterocycles. The second-order valence-corrected chi connectivity index (χ2v) is 6.69. The van der Waals surface area contributed by atoms with Crippen LogP contribution in [0.4, 0.5) is 5.69 Å². The predicted molar refractivity (Wildman–Crippen MR) is 113 cm³/mol. The van der Waals surface area contributed by atoms with Gasteiger partial charge in [0.15, 0.2) is 0 Å². The Morgan fingerprint density at radius 2 is 1.79 bits per heavy atom. The van der Waals surface area contributed by atoms with Crippen molar-refractivity contribution in [2.45, 2.75) is 26.2 Å². The van der Waals surface area contributed by atoms with Gasteiger partial charge in [0, 0.05) is 6.21 Å². The molecule has 0 saturated carbocycles. The molecule has 0 saturated heterocycles. The summed E-state index contributed by atoms with van der Waals surface area (Å²) in [6.45, 7) is 4.28. The zero-order valence-electron chi connectivity index (χ0n) is 16.5. The highest BCUT2D eigenvalue weighted by Crippen LogP contribution is 2.22. The van der Waals surface area contributed by atoms with Gasteiger partial charge in [-0.3, -0.25) is 14.8 Å². The highest BCUT2D eigenvalue weighted by Gasteiger charge is 2.14. The van der Waals surface area contributed by atoms with E-state index in [4.69, 9.17) is 4.74 Å². The van der Waals surface area contributed by atoms with Crippen LogP contribution in [0.2, 0.25) is 0 Å². The average molecular weight is 393 g/mol. The number of aliphatic imine (C=N–C) groups is 1. The van der Waals surface area contributed by atoms with Gasteiger partial charge in [-0.15, -0.1) is 0 Å². The molecule has 1 atom stereocenters. The maximum atomic E-state index is 12.2. The fourth-order valence-corrected chi connectivity index (χ4v) is 2.89. The van der Waals surface area contributed by atoms with Gasteiger partial charge in [-0.1, -0.05) is 26.0 Å². The fourth-order valence-electron chi connectivity index (χ4n) is 2.89. The van der Waals surface area contributed by atoms with Gasteiger partial charge in [-0.05, 0) is 54.3 Å². The van der Waals surface area contributed by atoms with Crippen molar-refractivity contribution in [1.82, 2.24) is 9.55 Å². The number of aromatic amines is 1. The third-order valence-corrected chi connectivity index (χ3v) is 4.87. The molecule has 0 aliphatic heterocycles. The SMILES string of the molecule is CC[C@@H](C)c1ccc(N=Cc2c(O)n(-c3ccc(OC)cc3)c(=O)[nH]c2=O)cc1. The predicted octanol–water partition coefficient (Wildman–Crippen LogP) is 3.50. The number of methoxy groups -OCH3 is 1. The number of nitrogens with zero attached hydrogens (tertiary/aromatic N) is 2. The van der Waals surface area contributed by atoms with Gasteiger partial charge in [0.2, 0.25) is 5.88 Å². The molecule has 29 heavy (non-hydrogen) atoms. The van der Waals surface area contributed by atoms with Crippen molar-refractivity contribution < 1.29 is 9.84 Å². The summed E-state index contributed by atoms with van der Waals surface area (Å²) in [6.07, 6.45) is 2.30. The molecule has 7 nitrogen and oxygen atoms in total. The summed E-state index contributed by atoms with van der Waals surface area (Å²) in [5, 5.41) is 10.6. The summed E-state index contributed by atoms with van der Waals surface area (Å²) in [5.41, 5.74) is 0.673. The van der Waals surface area contributed by atoms with Gasteiger partial charge >= 0.3 is 5.69 Å². The minimum atomic E-state index is -0.743. The number of hydrogen-bond acceptors (Lipinski definition) is 5. The van der Waals surface area contributed by atoms with Gasteiger partial charge in [-0.2, -0.15) is 0 Å². The van der Waals surface area contributed by atoms with Crippen LogP contribution in [-0.4, -0.2) is 28.0 Å². The minimum Gasteiger partial charge on any atom is -0.497 e. The van der Waals surface area contributed by atoms with Crippen molar-refractivity contribution in [3.8, 4) is 17.3 Å². The number of ether oxygens (including phenoxy) is 1. The molecule has 0 unspecified atom stereocenters. The quantitative estimate of drug-likeness (QED) is 0.627. The highest BCUT2D eigenvalue weighted by molar-refractivity contribution is 5.84. The number of nitrogens with one attached hydrogen (secondary N) is 1. The van der Waals surface area contributed by atoms with Gasteiger partial charge in [-0.25, -0.2) is 9.36 Å².